The van der Waals surface area contributed by atoms with Crippen molar-refractivity contribution in [2.24, 2.45) is 0 Å². The molecule has 1 N–H and O–H groups in total. The zero-order valence-corrected chi connectivity index (χ0v) is 10.4. The monoisotopic (exact) mass is 241 g/mol. The topological polar surface area (TPSA) is 12.0 Å². The molecule has 0 fully saturated rings. The van der Waals surface area contributed by atoms with Gasteiger partial charge in [0.2, 0.25) is 0 Å². The summed E-state index contributed by atoms with van der Waals surface area (Å²) >= 11 is 5.91. The van der Waals surface area contributed by atoms with E-state index in [2.05, 4.69) is 19.2 Å². The summed E-state index contributed by atoms with van der Waals surface area (Å²) in [4.78, 5) is 0. The summed E-state index contributed by atoms with van der Waals surface area (Å²) in [5.74, 6) is -0.306. The number of benzene rings is 1. The van der Waals surface area contributed by atoms with Gasteiger partial charge in [0.1, 0.15) is 5.82 Å². The van der Waals surface area contributed by atoms with Crippen molar-refractivity contribution >= 4 is 17.7 Å². The van der Waals surface area contributed by atoms with Crippen LogP contribution in [0.3, 0.4) is 0 Å². The Bertz CT molecular complexity index is 363. The van der Waals surface area contributed by atoms with Crippen LogP contribution in [-0.4, -0.2) is 12.6 Å². The van der Waals surface area contributed by atoms with Gasteiger partial charge >= 0.3 is 0 Å². The first-order valence-corrected chi connectivity index (χ1v) is 5.88. The normalized spacial score (nSPS) is 13.2. The first-order chi connectivity index (χ1) is 7.63. The number of halogens is 2. The van der Waals surface area contributed by atoms with Crippen molar-refractivity contribution in [1.82, 2.24) is 5.32 Å². The summed E-state index contributed by atoms with van der Waals surface area (Å²) in [5.41, 5.74) is 0.841. The Hall–Kier alpha value is -0.860. The van der Waals surface area contributed by atoms with Gasteiger partial charge in [0.25, 0.3) is 0 Å². The molecule has 1 rings (SSSR count). The van der Waals surface area contributed by atoms with E-state index in [1.165, 1.54) is 12.1 Å². The second-order valence-corrected chi connectivity index (χ2v) is 4.17. The molecule has 1 nitrogen and oxygen atoms in total. The van der Waals surface area contributed by atoms with E-state index >= 15 is 0 Å². The minimum Gasteiger partial charge on any atom is -0.311 e. The highest BCUT2D eigenvalue weighted by Crippen LogP contribution is 2.18. The van der Waals surface area contributed by atoms with Crippen molar-refractivity contribution in [2.45, 2.75) is 26.3 Å². The maximum absolute atomic E-state index is 12.8. The third kappa shape index (κ3) is 4.33. The molecule has 0 aromatic heterocycles. The van der Waals surface area contributed by atoms with E-state index < -0.39 is 0 Å². The summed E-state index contributed by atoms with van der Waals surface area (Å²) in [6, 6.07) is 4.71. The highest BCUT2D eigenvalue weighted by molar-refractivity contribution is 6.32. The number of hydrogen-bond donors (Lipinski definition) is 1. The van der Waals surface area contributed by atoms with Crippen LogP contribution in [0.2, 0.25) is 5.02 Å². The molecule has 0 amide bonds. The van der Waals surface area contributed by atoms with E-state index in [-0.39, 0.29) is 5.82 Å². The van der Waals surface area contributed by atoms with Crippen LogP contribution >= 0.6 is 11.6 Å². The van der Waals surface area contributed by atoms with Crippen molar-refractivity contribution in [3.8, 4) is 0 Å². The molecule has 3 heteroatoms. The average molecular weight is 242 g/mol. The van der Waals surface area contributed by atoms with E-state index in [1.54, 1.807) is 6.07 Å². The van der Waals surface area contributed by atoms with Gasteiger partial charge in [-0.3, -0.25) is 0 Å². The van der Waals surface area contributed by atoms with Gasteiger partial charge in [-0.1, -0.05) is 36.7 Å². The standard InChI is InChI=1S/C13H17ClFN/c1-3-8-16-10(2)4-5-11-6-7-12(15)9-13(11)14/h4-7,9-10,16H,3,8H2,1-2H3/b5-4+. The van der Waals surface area contributed by atoms with Crippen molar-refractivity contribution in [2.75, 3.05) is 6.54 Å². The quantitative estimate of drug-likeness (QED) is 0.825. The molecular weight excluding hydrogens is 225 g/mol. The second-order valence-electron chi connectivity index (χ2n) is 3.77. The van der Waals surface area contributed by atoms with Gasteiger partial charge in [0.05, 0.1) is 5.02 Å². The zero-order chi connectivity index (χ0) is 12.0. The summed E-state index contributed by atoms with van der Waals surface area (Å²) in [6.45, 7) is 5.19. The van der Waals surface area contributed by atoms with Crippen LogP contribution in [0.25, 0.3) is 6.08 Å². The first-order valence-electron chi connectivity index (χ1n) is 5.50. The predicted octanol–water partition coefficient (Wildman–Crippen LogP) is 3.88. The van der Waals surface area contributed by atoms with E-state index in [1.807, 2.05) is 12.2 Å². The maximum Gasteiger partial charge on any atom is 0.124 e. The van der Waals surface area contributed by atoms with Gasteiger partial charge in [-0.05, 0) is 37.6 Å². The molecule has 16 heavy (non-hydrogen) atoms. The van der Waals surface area contributed by atoms with Crippen molar-refractivity contribution in [1.29, 1.82) is 0 Å². The van der Waals surface area contributed by atoms with E-state index in [0.717, 1.165) is 18.5 Å². The van der Waals surface area contributed by atoms with Gasteiger partial charge in [-0.2, -0.15) is 0 Å². The Labute approximate surface area is 101 Å². The Kier molecular flexibility index (Phi) is 5.50. The molecule has 0 saturated heterocycles. The van der Waals surface area contributed by atoms with E-state index in [0.29, 0.717) is 11.1 Å². The van der Waals surface area contributed by atoms with Crippen LogP contribution in [0.15, 0.2) is 24.3 Å². The third-order valence-electron chi connectivity index (χ3n) is 2.24. The molecule has 0 saturated carbocycles. The predicted molar refractivity (Wildman–Crippen MR) is 68.2 cm³/mol. The lowest BCUT2D eigenvalue weighted by molar-refractivity contribution is 0.625. The highest BCUT2D eigenvalue weighted by atomic mass is 35.5. The van der Waals surface area contributed by atoms with Gasteiger partial charge in [-0.25, -0.2) is 4.39 Å². The minimum atomic E-state index is -0.306. The van der Waals surface area contributed by atoms with Crippen molar-refractivity contribution in [3.63, 3.8) is 0 Å². The summed E-state index contributed by atoms with van der Waals surface area (Å²) in [6.07, 6.45) is 5.04. The highest BCUT2D eigenvalue weighted by Gasteiger charge is 1.99. The Balaban J connectivity index is 2.61. The largest absolute Gasteiger partial charge is 0.311 e. The molecule has 1 aromatic rings. The minimum absolute atomic E-state index is 0.293. The van der Waals surface area contributed by atoms with E-state index in [4.69, 9.17) is 11.6 Å². The van der Waals surface area contributed by atoms with Gasteiger partial charge in [0.15, 0.2) is 0 Å². The van der Waals surface area contributed by atoms with Crippen LogP contribution in [0, 0.1) is 5.82 Å². The molecule has 0 aliphatic carbocycles. The molecule has 0 aliphatic rings. The average Bonchev–Trinajstić information content (AvgIpc) is 2.25. The smallest absolute Gasteiger partial charge is 0.124 e. The molecular formula is C13H17ClFN. The molecule has 1 atom stereocenters. The Morgan fingerprint density at radius 2 is 2.25 bits per heavy atom. The molecule has 0 radical (unpaired) electrons. The summed E-state index contributed by atoms with van der Waals surface area (Å²) in [5, 5.41) is 3.77. The Morgan fingerprint density at radius 3 is 2.88 bits per heavy atom. The van der Waals surface area contributed by atoms with Crippen LogP contribution < -0.4 is 5.32 Å². The summed E-state index contributed by atoms with van der Waals surface area (Å²) < 4.78 is 12.8. The molecule has 0 aliphatic heterocycles. The van der Waals surface area contributed by atoms with Crippen LogP contribution in [0.5, 0.6) is 0 Å². The fourth-order valence-electron chi connectivity index (χ4n) is 1.32. The Morgan fingerprint density at radius 1 is 1.50 bits per heavy atom. The maximum atomic E-state index is 12.8. The molecule has 1 aromatic carbocycles. The van der Waals surface area contributed by atoms with Gasteiger partial charge in [0, 0.05) is 6.04 Å². The number of rotatable bonds is 5. The molecule has 88 valence electrons. The van der Waals surface area contributed by atoms with Crippen LogP contribution in [0.4, 0.5) is 4.39 Å². The molecule has 1 unspecified atom stereocenters. The third-order valence-corrected chi connectivity index (χ3v) is 2.57. The summed E-state index contributed by atoms with van der Waals surface area (Å²) in [7, 11) is 0. The SMILES string of the molecule is CCCNC(C)/C=C/c1ccc(F)cc1Cl. The van der Waals surface area contributed by atoms with Gasteiger partial charge in [-0.15, -0.1) is 0 Å². The van der Waals surface area contributed by atoms with Crippen molar-refractivity contribution in [3.05, 3.63) is 40.7 Å². The fraction of sp³-hybridized carbons (Fsp3) is 0.385. The number of hydrogen-bond acceptors (Lipinski definition) is 1. The number of nitrogens with one attached hydrogen (secondary N) is 1. The lowest BCUT2D eigenvalue weighted by Crippen LogP contribution is -2.24. The van der Waals surface area contributed by atoms with E-state index in [9.17, 15) is 4.39 Å². The van der Waals surface area contributed by atoms with Gasteiger partial charge < -0.3 is 5.32 Å². The lowest BCUT2D eigenvalue weighted by atomic mass is 10.1. The zero-order valence-electron chi connectivity index (χ0n) is 9.63. The van der Waals surface area contributed by atoms with Crippen molar-refractivity contribution < 1.29 is 4.39 Å². The lowest BCUT2D eigenvalue weighted by Gasteiger charge is -2.07. The second kappa shape index (κ2) is 6.66. The first kappa shape index (κ1) is 13.2. The molecule has 0 bridgehead atoms. The fourth-order valence-corrected chi connectivity index (χ4v) is 1.55. The van der Waals surface area contributed by atoms with Crippen LogP contribution in [0.1, 0.15) is 25.8 Å². The molecule has 0 spiro atoms. The molecule has 0 heterocycles. The van der Waals surface area contributed by atoms with Crippen LogP contribution in [-0.2, 0) is 0 Å².